The van der Waals surface area contributed by atoms with Crippen molar-refractivity contribution >= 4 is 11.8 Å². The highest BCUT2D eigenvalue weighted by Crippen LogP contribution is 2.45. The van der Waals surface area contributed by atoms with Crippen molar-refractivity contribution in [3.8, 4) is 5.75 Å². The van der Waals surface area contributed by atoms with Crippen molar-refractivity contribution in [2.75, 3.05) is 38.3 Å². The summed E-state index contributed by atoms with van der Waals surface area (Å²) < 4.78 is 10.9. The fraction of sp³-hybridized carbons (Fsp3) is 0.567. The number of hydrogen-bond acceptors (Lipinski definition) is 5. The van der Waals surface area contributed by atoms with Crippen molar-refractivity contribution in [2.45, 2.75) is 75.5 Å². The normalized spacial score (nSPS) is 27.1. The number of hydrogen-bond donors (Lipinski definition) is 0. The van der Waals surface area contributed by atoms with Crippen LogP contribution in [0.15, 0.2) is 48.5 Å². The number of amides is 1. The van der Waals surface area contributed by atoms with Crippen LogP contribution in [-0.2, 0) is 16.7 Å². The molecule has 6 heteroatoms. The van der Waals surface area contributed by atoms with Gasteiger partial charge in [0.15, 0.2) is 0 Å². The van der Waals surface area contributed by atoms with Crippen molar-refractivity contribution in [3.05, 3.63) is 59.7 Å². The zero-order valence-corrected chi connectivity index (χ0v) is 21.7. The van der Waals surface area contributed by atoms with Crippen molar-refractivity contribution in [1.29, 1.82) is 0 Å². The molecule has 0 aliphatic carbocycles. The minimum Gasteiger partial charge on any atom is -0.497 e. The first-order chi connectivity index (χ1) is 17.6. The topological polar surface area (TPSA) is 45.2 Å². The van der Waals surface area contributed by atoms with E-state index in [-0.39, 0.29) is 11.5 Å². The molecule has 2 aromatic rings. The second-order valence-corrected chi connectivity index (χ2v) is 11.1. The lowest BCUT2D eigenvalue weighted by molar-refractivity contribution is 0.0270. The fourth-order valence-electron chi connectivity index (χ4n) is 7.56. The number of carbonyl (C=O) groups excluding carboxylic acids is 1. The molecule has 36 heavy (non-hydrogen) atoms. The first-order valence-corrected chi connectivity index (χ1v) is 13.8. The molecule has 1 spiro atoms. The Morgan fingerprint density at radius 3 is 2.47 bits per heavy atom. The Morgan fingerprint density at radius 1 is 1.00 bits per heavy atom. The maximum Gasteiger partial charge on any atom is 0.410 e. The zero-order chi connectivity index (χ0) is 24.7. The molecule has 2 aromatic carbocycles. The number of ether oxygens (including phenoxy) is 2. The van der Waals surface area contributed by atoms with Gasteiger partial charge in [0, 0.05) is 48.4 Å². The average molecular weight is 490 g/mol. The Labute approximate surface area is 215 Å². The Hall–Kier alpha value is -2.73. The third-order valence-corrected chi connectivity index (χ3v) is 9.32. The average Bonchev–Trinajstić information content (AvgIpc) is 3.18. The molecule has 0 N–H and O–H groups in total. The first-order valence-electron chi connectivity index (χ1n) is 13.8. The molecule has 0 aromatic heterocycles. The summed E-state index contributed by atoms with van der Waals surface area (Å²) >= 11 is 0. The lowest BCUT2D eigenvalue weighted by Crippen LogP contribution is -2.57. The van der Waals surface area contributed by atoms with Gasteiger partial charge < -0.3 is 24.2 Å². The van der Waals surface area contributed by atoms with Crippen LogP contribution in [0.5, 0.6) is 5.75 Å². The largest absolute Gasteiger partial charge is 0.497 e. The number of likely N-dealkylation sites (tertiary alicyclic amines) is 1. The summed E-state index contributed by atoms with van der Waals surface area (Å²) in [5.74, 6) is 0.916. The predicted octanol–water partition coefficient (Wildman–Crippen LogP) is 5.20. The third kappa shape index (κ3) is 4.13. The third-order valence-electron chi connectivity index (χ3n) is 9.32. The first kappa shape index (κ1) is 23.7. The number of rotatable bonds is 4. The maximum atomic E-state index is 12.5. The summed E-state index contributed by atoms with van der Waals surface area (Å²) in [4.78, 5) is 19.9. The van der Waals surface area contributed by atoms with Crippen LogP contribution in [-0.4, -0.2) is 67.4 Å². The van der Waals surface area contributed by atoms with Gasteiger partial charge in [-0.05, 0) is 81.8 Å². The summed E-state index contributed by atoms with van der Waals surface area (Å²) in [5.41, 5.74) is 4.44. The van der Waals surface area contributed by atoms with E-state index in [1.807, 2.05) is 13.0 Å². The lowest BCUT2D eigenvalue weighted by atomic mass is 9.68. The van der Waals surface area contributed by atoms with Crippen LogP contribution in [0.1, 0.15) is 56.6 Å². The molecule has 2 atom stereocenters. The van der Waals surface area contributed by atoms with E-state index in [1.54, 1.807) is 12.7 Å². The van der Waals surface area contributed by atoms with Crippen LogP contribution in [0.25, 0.3) is 0 Å². The highest BCUT2D eigenvalue weighted by Gasteiger charge is 2.48. The molecule has 6 rings (SSSR count). The second kappa shape index (κ2) is 9.62. The summed E-state index contributed by atoms with van der Waals surface area (Å²) in [6, 6.07) is 18.9. The zero-order valence-electron chi connectivity index (χ0n) is 21.7. The van der Waals surface area contributed by atoms with Crippen LogP contribution in [0.3, 0.4) is 0 Å². The van der Waals surface area contributed by atoms with E-state index < -0.39 is 0 Å². The molecule has 192 valence electrons. The lowest BCUT2D eigenvalue weighted by Gasteiger charge is -2.52. The predicted molar refractivity (Wildman–Crippen MR) is 142 cm³/mol. The Bertz CT molecular complexity index is 1080. The van der Waals surface area contributed by atoms with Crippen molar-refractivity contribution < 1.29 is 14.3 Å². The standard InChI is InChI=1S/C30H39N3O3/c1-3-36-29(34)33-24-11-12-25(33)18-26(17-24)31-15-13-30(14-16-31)21-32(20-22-7-4-5-10-28(22)30)23-8-6-9-27(19-23)35-2/h4-10,19,24-26H,3,11-18,20-21H2,1-2H3. The van der Waals surface area contributed by atoms with Gasteiger partial charge in [-0.3, -0.25) is 0 Å². The second-order valence-electron chi connectivity index (χ2n) is 11.1. The molecule has 0 radical (unpaired) electrons. The van der Waals surface area contributed by atoms with Gasteiger partial charge in [0.05, 0.1) is 13.7 Å². The Balaban J connectivity index is 1.18. The van der Waals surface area contributed by atoms with Crippen LogP contribution in [0, 0.1) is 0 Å². The number of nitrogens with zero attached hydrogens (tertiary/aromatic N) is 3. The Kier molecular flexibility index (Phi) is 6.32. The summed E-state index contributed by atoms with van der Waals surface area (Å²) in [6.45, 7) is 6.62. The molecule has 2 unspecified atom stereocenters. The maximum absolute atomic E-state index is 12.5. The minimum atomic E-state index is -0.0995. The number of fused-ring (bicyclic) bond motifs is 4. The van der Waals surface area contributed by atoms with Gasteiger partial charge in [-0.2, -0.15) is 0 Å². The van der Waals surface area contributed by atoms with E-state index in [0.717, 1.165) is 57.6 Å². The van der Waals surface area contributed by atoms with E-state index in [4.69, 9.17) is 9.47 Å². The van der Waals surface area contributed by atoms with Gasteiger partial charge in [-0.15, -0.1) is 0 Å². The quantitative estimate of drug-likeness (QED) is 0.591. The Morgan fingerprint density at radius 2 is 1.75 bits per heavy atom. The van der Waals surface area contributed by atoms with Crippen LogP contribution in [0.4, 0.5) is 10.5 Å². The van der Waals surface area contributed by atoms with Crippen molar-refractivity contribution in [3.63, 3.8) is 0 Å². The molecule has 4 heterocycles. The molecule has 4 aliphatic rings. The van der Waals surface area contributed by atoms with E-state index >= 15 is 0 Å². The summed E-state index contributed by atoms with van der Waals surface area (Å²) in [5, 5.41) is 0. The van der Waals surface area contributed by atoms with E-state index in [2.05, 4.69) is 57.2 Å². The fourth-order valence-corrected chi connectivity index (χ4v) is 7.56. The van der Waals surface area contributed by atoms with Crippen LogP contribution >= 0.6 is 0 Å². The molecule has 0 saturated carbocycles. The number of carbonyl (C=O) groups is 1. The molecule has 2 bridgehead atoms. The smallest absolute Gasteiger partial charge is 0.410 e. The molecule has 4 aliphatic heterocycles. The number of piperidine rings is 2. The van der Waals surface area contributed by atoms with E-state index in [0.29, 0.717) is 24.7 Å². The number of anilines is 1. The van der Waals surface area contributed by atoms with Crippen LogP contribution < -0.4 is 9.64 Å². The number of methoxy groups -OCH3 is 1. The molecule has 3 fully saturated rings. The van der Waals surface area contributed by atoms with Crippen LogP contribution in [0.2, 0.25) is 0 Å². The van der Waals surface area contributed by atoms with E-state index in [9.17, 15) is 4.79 Å². The summed E-state index contributed by atoms with van der Waals surface area (Å²) in [7, 11) is 1.74. The number of benzene rings is 2. The molecule has 6 nitrogen and oxygen atoms in total. The SMILES string of the molecule is CCOC(=O)N1C2CCC1CC(N1CCC3(CC1)CN(c1cccc(OC)c1)Cc1ccccc13)C2. The van der Waals surface area contributed by atoms with Gasteiger partial charge in [0.1, 0.15) is 5.75 Å². The van der Waals surface area contributed by atoms with E-state index in [1.165, 1.54) is 24.1 Å². The molecule has 1 amide bonds. The van der Waals surface area contributed by atoms with Gasteiger partial charge in [-0.25, -0.2) is 4.79 Å². The highest BCUT2D eigenvalue weighted by molar-refractivity contribution is 5.69. The minimum absolute atomic E-state index is 0.0995. The van der Waals surface area contributed by atoms with Crippen molar-refractivity contribution in [2.24, 2.45) is 0 Å². The van der Waals surface area contributed by atoms with Gasteiger partial charge >= 0.3 is 6.09 Å². The molecule has 3 saturated heterocycles. The van der Waals surface area contributed by atoms with Gasteiger partial charge in [0.25, 0.3) is 0 Å². The van der Waals surface area contributed by atoms with Gasteiger partial charge in [-0.1, -0.05) is 30.3 Å². The molecular weight excluding hydrogens is 450 g/mol. The highest BCUT2D eigenvalue weighted by atomic mass is 16.6. The van der Waals surface area contributed by atoms with Gasteiger partial charge in [0.2, 0.25) is 0 Å². The monoisotopic (exact) mass is 489 g/mol. The van der Waals surface area contributed by atoms with Crippen molar-refractivity contribution in [1.82, 2.24) is 9.80 Å². The molecular formula is C30H39N3O3. The summed E-state index contributed by atoms with van der Waals surface area (Å²) in [6.07, 6.45) is 6.69.